The van der Waals surface area contributed by atoms with Crippen molar-refractivity contribution in [3.63, 3.8) is 0 Å². The second-order valence-electron chi connectivity index (χ2n) is 5.42. The molecule has 1 heterocycles. The molecule has 0 fully saturated rings. The fraction of sp³-hybridized carbons (Fsp3) is 0.312. The molecule has 2 aromatic rings. The van der Waals surface area contributed by atoms with E-state index in [-0.39, 0.29) is 0 Å². The van der Waals surface area contributed by atoms with E-state index in [2.05, 4.69) is 20.2 Å². The SMILES string of the molecule is Cc1cc([AsH]c2ccccc2C(=O)O)nc(NCCN(C)C)n1. The number of hydrogen-bond donors (Lipinski definition) is 2. The molecule has 1 unspecified atom stereocenters. The van der Waals surface area contributed by atoms with E-state index in [0.29, 0.717) is 11.5 Å². The third-order valence-electron chi connectivity index (χ3n) is 3.12. The summed E-state index contributed by atoms with van der Waals surface area (Å²) in [5.41, 5.74) is 1.25. The van der Waals surface area contributed by atoms with E-state index in [1.165, 1.54) is 0 Å². The Morgan fingerprint density at radius 2 is 2.04 bits per heavy atom. The van der Waals surface area contributed by atoms with Gasteiger partial charge >= 0.3 is 142 Å². The Morgan fingerprint density at radius 3 is 2.74 bits per heavy atom. The van der Waals surface area contributed by atoms with E-state index in [4.69, 9.17) is 0 Å². The van der Waals surface area contributed by atoms with Crippen molar-refractivity contribution in [2.75, 3.05) is 32.5 Å². The van der Waals surface area contributed by atoms with Crippen LogP contribution in [0.25, 0.3) is 0 Å². The number of anilines is 1. The van der Waals surface area contributed by atoms with Crippen LogP contribution in [0.2, 0.25) is 0 Å². The minimum atomic E-state index is -0.889. The Bertz CT molecular complexity index is 692. The molecule has 0 radical (unpaired) electrons. The quantitative estimate of drug-likeness (QED) is 0.655. The molecular formula is C16H21AsN4O2. The van der Waals surface area contributed by atoms with Gasteiger partial charge in [0.1, 0.15) is 0 Å². The fourth-order valence-corrected chi connectivity index (χ4v) is 4.59. The molecule has 0 spiro atoms. The van der Waals surface area contributed by atoms with Crippen LogP contribution in [0.15, 0.2) is 30.3 Å². The van der Waals surface area contributed by atoms with Gasteiger partial charge in [-0.05, 0) is 0 Å². The van der Waals surface area contributed by atoms with Crippen LogP contribution in [-0.2, 0) is 0 Å². The molecule has 1 atom stereocenters. The summed E-state index contributed by atoms with van der Waals surface area (Å²) in [4.78, 5) is 22.3. The van der Waals surface area contributed by atoms with Gasteiger partial charge in [-0.2, -0.15) is 0 Å². The topological polar surface area (TPSA) is 78.3 Å². The van der Waals surface area contributed by atoms with E-state index in [1.807, 2.05) is 39.2 Å². The summed E-state index contributed by atoms with van der Waals surface area (Å²) in [6.45, 7) is 3.59. The monoisotopic (exact) mass is 376 g/mol. The zero-order valence-electron chi connectivity index (χ0n) is 13.5. The van der Waals surface area contributed by atoms with Gasteiger partial charge in [0.15, 0.2) is 0 Å². The van der Waals surface area contributed by atoms with Crippen molar-refractivity contribution < 1.29 is 9.90 Å². The van der Waals surface area contributed by atoms with Gasteiger partial charge in [0.25, 0.3) is 0 Å². The van der Waals surface area contributed by atoms with Crippen LogP contribution in [0.5, 0.6) is 0 Å². The van der Waals surface area contributed by atoms with Gasteiger partial charge in [0, 0.05) is 0 Å². The third-order valence-corrected chi connectivity index (χ3v) is 5.67. The third kappa shape index (κ3) is 5.34. The molecule has 0 aliphatic heterocycles. The van der Waals surface area contributed by atoms with Crippen LogP contribution in [0, 0.1) is 6.92 Å². The number of hydrogen-bond acceptors (Lipinski definition) is 5. The number of nitrogens with one attached hydrogen (secondary N) is 1. The molecule has 0 saturated carbocycles. The van der Waals surface area contributed by atoms with Gasteiger partial charge in [-0.25, -0.2) is 0 Å². The second-order valence-corrected chi connectivity index (χ2v) is 8.15. The normalized spacial score (nSPS) is 11.3. The Morgan fingerprint density at radius 1 is 1.30 bits per heavy atom. The number of carbonyl (C=O) groups is 1. The predicted octanol–water partition coefficient (Wildman–Crippen LogP) is -0.156. The average Bonchev–Trinajstić information content (AvgIpc) is 2.46. The first-order valence-electron chi connectivity index (χ1n) is 7.29. The first-order valence-corrected chi connectivity index (χ1v) is 9.39. The molecule has 0 aliphatic rings. The maximum absolute atomic E-state index is 11.3. The van der Waals surface area contributed by atoms with Crippen molar-refractivity contribution in [1.29, 1.82) is 0 Å². The molecule has 6 nitrogen and oxygen atoms in total. The second kappa shape index (κ2) is 8.09. The van der Waals surface area contributed by atoms with Crippen LogP contribution in [-0.4, -0.2) is 68.9 Å². The Labute approximate surface area is 142 Å². The summed E-state index contributed by atoms with van der Waals surface area (Å²) in [5.74, 6) is -0.280. The molecule has 2 rings (SSSR count). The standard InChI is InChI=1S/C16H21AsN4O2/c1-11-10-14(20-16(19-11)18-8-9-21(2)3)17-13-7-5-4-6-12(13)15(22)23/h4-7,10,17H,8-9H2,1-3H3,(H,22,23)(H,18,19,20). The molecule has 0 saturated heterocycles. The van der Waals surface area contributed by atoms with Crippen LogP contribution in [0.3, 0.4) is 0 Å². The van der Waals surface area contributed by atoms with E-state index < -0.39 is 21.7 Å². The van der Waals surface area contributed by atoms with Crippen molar-refractivity contribution in [2.45, 2.75) is 6.92 Å². The molecular weight excluding hydrogens is 355 g/mol. The number of aromatic nitrogens is 2. The van der Waals surface area contributed by atoms with E-state index in [0.717, 1.165) is 27.6 Å². The van der Waals surface area contributed by atoms with Gasteiger partial charge in [-0.1, -0.05) is 0 Å². The van der Waals surface area contributed by atoms with E-state index in [9.17, 15) is 9.90 Å². The van der Waals surface area contributed by atoms with Crippen molar-refractivity contribution >= 4 is 36.5 Å². The van der Waals surface area contributed by atoms with Crippen LogP contribution in [0.4, 0.5) is 5.95 Å². The number of likely N-dealkylation sites (N-methyl/N-ethyl adjacent to an activating group) is 1. The van der Waals surface area contributed by atoms with Crippen LogP contribution < -0.4 is 14.1 Å². The van der Waals surface area contributed by atoms with Crippen LogP contribution >= 0.6 is 0 Å². The van der Waals surface area contributed by atoms with Crippen molar-refractivity contribution in [3.8, 4) is 0 Å². The van der Waals surface area contributed by atoms with Crippen molar-refractivity contribution in [3.05, 3.63) is 41.6 Å². The summed E-state index contributed by atoms with van der Waals surface area (Å²) in [7, 11) is 4.03. The summed E-state index contributed by atoms with van der Waals surface area (Å²) >= 11 is -0.826. The molecule has 122 valence electrons. The molecule has 2 N–H and O–H groups in total. The van der Waals surface area contributed by atoms with Crippen molar-refractivity contribution in [1.82, 2.24) is 14.9 Å². The molecule has 7 heteroatoms. The number of nitrogens with zero attached hydrogens (tertiary/aromatic N) is 3. The van der Waals surface area contributed by atoms with Gasteiger partial charge < -0.3 is 0 Å². The Hall–Kier alpha value is -1.91. The minimum absolute atomic E-state index is 0.367. The van der Waals surface area contributed by atoms with Crippen molar-refractivity contribution in [2.24, 2.45) is 0 Å². The molecule has 1 aromatic carbocycles. The average molecular weight is 376 g/mol. The molecule has 23 heavy (non-hydrogen) atoms. The number of aryl methyl sites for hydroxylation is 1. The number of carboxylic acids is 1. The zero-order chi connectivity index (χ0) is 16.8. The number of aromatic carboxylic acids is 1. The molecule has 1 aromatic heterocycles. The Kier molecular flexibility index (Phi) is 6.13. The number of carboxylic acid groups (broad SMARTS) is 1. The number of rotatable bonds is 7. The Balaban J connectivity index is 2.17. The van der Waals surface area contributed by atoms with Gasteiger partial charge in [-0.15, -0.1) is 0 Å². The summed E-state index contributed by atoms with van der Waals surface area (Å²) in [5, 5.41) is 12.5. The zero-order valence-corrected chi connectivity index (χ0v) is 15.6. The van der Waals surface area contributed by atoms with Crippen LogP contribution in [0.1, 0.15) is 16.1 Å². The maximum atomic E-state index is 11.3. The first-order chi connectivity index (χ1) is 11.0. The van der Waals surface area contributed by atoms with Gasteiger partial charge in [-0.3, -0.25) is 0 Å². The fourth-order valence-electron chi connectivity index (χ4n) is 2.02. The molecule has 0 aliphatic carbocycles. The number of benzene rings is 1. The van der Waals surface area contributed by atoms with Gasteiger partial charge in [0.2, 0.25) is 0 Å². The summed E-state index contributed by atoms with van der Waals surface area (Å²) in [6, 6.07) is 9.08. The summed E-state index contributed by atoms with van der Waals surface area (Å²) < 4.78 is 1.80. The predicted molar refractivity (Wildman–Crippen MR) is 93.6 cm³/mol. The van der Waals surface area contributed by atoms with E-state index >= 15 is 0 Å². The molecule has 0 bridgehead atoms. The van der Waals surface area contributed by atoms with E-state index in [1.54, 1.807) is 12.1 Å². The summed E-state index contributed by atoms with van der Waals surface area (Å²) in [6.07, 6.45) is 0. The molecule has 0 amide bonds. The first kappa shape index (κ1) is 17.4. The van der Waals surface area contributed by atoms with Gasteiger partial charge in [0.05, 0.1) is 0 Å².